The van der Waals surface area contributed by atoms with Crippen molar-refractivity contribution in [2.45, 2.75) is 6.42 Å². The molecule has 78 valence electrons. The summed E-state index contributed by atoms with van der Waals surface area (Å²) in [6.07, 6.45) is -0.322. The molecule has 1 aromatic rings. The van der Waals surface area contributed by atoms with Crippen LogP contribution in [0.2, 0.25) is 0 Å². The van der Waals surface area contributed by atoms with Gasteiger partial charge in [-0.05, 0) is 6.07 Å². The molecule has 0 fully saturated rings. The van der Waals surface area contributed by atoms with Gasteiger partial charge in [-0.1, -0.05) is 6.07 Å². The average molecular weight is 211 g/mol. The van der Waals surface area contributed by atoms with Crippen LogP contribution in [0, 0.1) is 23.0 Å². The van der Waals surface area contributed by atoms with Crippen LogP contribution in [0.4, 0.5) is 8.78 Å². The predicted octanol–water partition coefficient (Wildman–Crippen LogP) is 1.55. The van der Waals surface area contributed by atoms with Crippen molar-refractivity contribution >= 4 is 5.97 Å². The van der Waals surface area contributed by atoms with Crippen molar-refractivity contribution in [1.82, 2.24) is 0 Å². The smallest absolute Gasteiger partial charge is 0.310 e. The van der Waals surface area contributed by atoms with Gasteiger partial charge in [0.1, 0.15) is 23.3 Å². The summed E-state index contributed by atoms with van der Waals surface area (Å²) in [5.74, 6) is -2.60. The number of nitriles is 1. The molecular weight excluding hydrogens is 204 g/mol. The lowest BCUT2D eigenvalue weighted by molar-refractivity contribution is -0.139. The van der Waals surface area contributed by atoms with Crippen molar-refractivity contribution in [3.8, 4) is 6.07 Å². The van der Waals surface area contributed by atoms with Gasteiger partial charge in [-0.3, -0.25) is 4.79 Å². The lowest BCUT2D eigenvalue weighted by Crippen LogP contribution is -2.07. The van der Waals surface area contributed by atoms with Crippen LogP contribution in [-0.4, -0.2) is 13.1 Å². The molecule has 0 heterocycles. The van der Waals surface area contributed by atoms with E-state index in [-0.39, 0.29) is 12.0 Å². The summed E-state index contributed by atoms with van der Waals surface area (Å²) in [4.78, 5) is 10.9. The number of carbonyl (C=O) groups is 1. The van der Waals surface area contributed by atoms with Crippen molar-refractivity contribution in [1.29, 1.82) is 5.26 Å². The largest absolute Gasteiger partial charge is 0.469 e. The molecule has 0 bridgehead atoms. The molecule has 0 aromatic heterocycles. The summed E-state index contributed by atoms with van der Waals surface area (Å²) < 4.78 is 30.6. The van der Waals surface area contributed by atoms with Crippen molar-refractivity contribution < 1.29 is 18.3 Å². The van der Waals surface area contributed by atoms with Gasteiger partial charge in [0.2, 0.25) is 0 Å². The Kier molecular flexibility index (Phi) is 3.34. The van der Waals surface area contributed by atoms with E-state index in [1.165, 1.54) is 6.07 Å². The maximum atomic E-state index is 13.4. The fourth-order valence-corrected chi connectivity index (χ4v) is 1.06. The zero-order valence-electron chi connectivity index (χ0n) is 7.88. The van der Waals surface area contributed by atoms with Crippen LogP contribution in [-0.2, 0) is 16.0 Å². The van der Waals surface area contributed by atoms with Crippen LogP contribution in [0.5, 0.6) is 0 Å². The van der Waals surface area contributed by atoms with E-state index in [1.54, 1.807) is 0 Å². The number of rotatable bonds is 2. The Balaban J connectivity index is 3.12. The molecule has 0 unspecified atom stereocenters. The first-order valence-electron chi connectivity index (χ1n) is 4.04. The number of methoxy groups -OCH3 is 1. The maximum Gasteiger partial charge on any atom is 0.310 e. The number of benzene rings is 1. The fourth-order valence-electron chi connectivity index (χ4n) is 1.06. The van der Waals surface area contributed by atoms with E-state index in [1.807, 2.05) is 0 Å². The summed E-state index contributed by atoms with van der Waals surface area (Å²) >= 11 is 0. The van der Waals surface area contributed by atoms with E-state index in [0.717, 1.165) is 19.2 Å². The van der Waals surface area contributed by atoms with Gasteiger partial charge < -0.3 is 4.74 Å². The van der Waals surface area contributed by atoms with Crippen molar-refractivity contribution in [2.24, 2.45) is 0 Å². The molecule has 0 aliphatic carbocycles. The van der Waals surface area contributed by atoms with Gasteiger partial charge in [0, 0.05) is 5.56 Å². The zero-order chi connectivity index (χ0) is 11.4. The van der Waals surface area contributed by atoms with Crippen molar-refractivity contribution in [2.75, 3.05) is 7.11 Å². The summed E-state index contributed by atoms with van der Waals surface area (Å²) in [5, 5.41) is 8.47. The minimum Gasteiger partial charge on any atom is -0.469 e. The first-order valence-corrected chi connectivity index (χ1v) is 4.04. The molecule has 0 saturated heterocycles. The summed E-state index contributed by atoms with van der Waals surface area (Å²) in [6.45, 7) is 0. The van der Waals surface area contributed by atoms with Gasteiger partial charge in [-0.2, -0.15) is 5.26 Å². The van der Waals surface area contributed by atoms with Crippen molar-refractivity contribution in [3.05, 3.63) is 34.9 Å². The minimum absolute atomic E-state index is 0.0557. The second-order valence-electron chi connectivity index (χ2n) is 2.76. The Morgan fingerprint density at radius 3 is 2.73 bits per heavy atom. The number of hydrogen-bond donors (Lipinski definition) is 0. The fraction of sp³-hybridized carbons (Fsp3) is 0.200. The standard InChI is InChI=1S/C10H7F2NO2/c1-15-9(14)4-6-2-3-8(11)7(5-13)10(6)12/h2-3H,4H2,1H3. The van der Waals surface area contributed by atoms with Gasteiger partial charge in [0.05, 0.1) is 13.5 Å². The highest BCUT2D eigenvalue weighted by Gasteiger charge is 2.15. The number of carbonyl (C=O) groups excluding carboxylic acids is 1. The molecule has 0 saturated carbocycles. The monoisotopic (exact) mass is 211 g/mol. The maximum absolute atomic E-state index is 13.4. The molecular formula is C10H7F2NO2. The summed E-state index contributed by atoms with van der Waals surface area (Å²) in [6, 6.07) is 3.45. The molecule has 3 nitrogen and oxygen atoms in total. The van der Waals surface area contributed by atoms with E-state index in [4.69, 9.17) is 5.26 Å². The minimum atomic E-state index is -1.01. The lowest BCUT2D eigenvalue weighted by atomic mass is 10.1. The van der Waals surface area contributed by atoms with Gasteiger partial charge in [0.25, 0.3) is 0 Å². The topological polar surface area (TPSA) is 50.1 Å². The summed E-state index contributed by atoms with van der Waals surface area (Å²) in [5.41, 5.74) is -0.740. The number of hydrogen-bond acceptors (Lipinski definition) is 3. The Hall–Kier alpha value is -1.96. The van der Waals surface area contributed by atoms with Gasteiger partial charge in [0.15, 0.2) is 0 Å². The van der Waals surface area contributed by atoms with Gasteiger partial charge in [-0.25, -0.2) is 8.78 Å². The molecule has 0 spiro atoms. The summed E-state index contributed by atoms with van der Waals surface area (Å²) in [7, 11) is 1.16. The van der Waals surface area contributed by atoms with E-state index in [2.05, 4.69) is 4.74 Å². The highest BCUT2D eigenvalue weighted by molar-refractivity contribution is 5.72. The molecule has 0 radical (unpaired) electrons. The quantitative estimate of drug-likeness (QED) is 0.697. The van der Waals surface area contributed by atoms with E-state index in [0.29, 0.717) is 0 Å². The van der Waals surface area contributed by atoms with Crippen LogP contribution in [0.15, 0.2) is 12.1 Å². The second kappa shape index (κ2) is 4.51. The highest BCUT2D eigenvalue weighted by atomic mass is 19.1. The SMILES string of the molecule is COC(=O)Cc1ccc(F)c(C#N)c1F. The van der Waals surface area contributed by atoms with Crippen LogP contribution in [0.1, 0.15) is 11.1 Å². The molecule has 15 heavy (non-hydrogen) atoms. The first kappa shape index (κ1) is 11.1. The number of ether oxygens (including phenoxy) is 1. The Bertz CT molecular complexity index is 438. The number of esters is 1. The molecule has 0 amide bonds. The van der Waals surface area contributed by atoms with E-state index in [9.17, 15) is 13.6 Å². The molecule has 0 aliphatic heterocycles. The average Bonchev–Trinajstić information content (AvgIpc) is 2.23. The first-order chi connectivity index (χ1) is 7.10. The van der Waals surface area contributed by atoms with E-state index >= 15 is 0 Å². The Morgan fingerprint density at radius 1 is 1.53 bits per heavy atom. The van der Waals surface area contributed by atoms with Gasteiger partial charge in [-0.15, -0.1) is 0 Å². The predicted molar refractivity (Wildman–Crippen MR) is 46.8 cm³/mol. The lowest BCUT2D eigenvalue weighted by Gasteiger charge is -2.03. The normalized spacial score (nSPS) is 9.47. The molecule has 0 atom stereocenters. The molecule has 0 N–H and O–H groups in total. The highest BCUT2D eigenvalue weighted by Crippen LogP contribution is 2.16. The number of halogens is 2. The number of nitrogens with zero attached hydrogens (tertiary/aromatic N) is 1. The third-order valence-corrected chi connectivity index (χ3v) is 1.85. The van der Waals surface area contributed by atoms with Crippen LogP contribution >= 0.6 is 0 Å². The molecule has 1 aromatic carbocycles. The van der Waals surface area contributed by atoms with Crippen molar-refractivity contribution in [3.63, 3.8) is 0 Å². The third-order valence-electron chi connectivity index (χ3n) is 1.85. The van der Waals surface area contributed by atoms with Crippen LogP contribution in [0.3, 0.4) is 0 Å². The van der Waals surface area contributed by atoms with Gasteiger partial charge >= 0.3 is 5.97 Å². The molecule has 1 rings (SSSR count). The second-order valence-corrected chi connectivity index (χ2v) is 2.76. The van der Waals surface area contributed by atoms with Crippen LogP contribution < -0.4 is 0 Å². The van der Waals surface area contributed by atoms with E-state index < -0.39 is 23.2 Å². The third kappa shape index (κ3) is 2.29. The molecule has 5 heteroatoms. The Morgan fingerprint density at radius 2 is 2.20 bits per heavy atom. The Labute approximate surface area is 84.9 Å². The van der Waals surface area contributed by atoms with Crippen LogP contribution in [0.25, 0.3) is 0 Å². The molecule has 0 aliphatic rings. The zero-order valence-corrected chi connectivity index (χ0v) is 7.88.